The third kappa shape index (κ3) is 5.46. The van der Waals surface area contributed by atoms with Gasteiger partial charge < -0.3 is 5.32 Å². The van der Waals surface area contributed by atoms with E-state index < -0.39 is 0 Å². The van der Waals surface area contributed by atoms with Crippen molar-refractivity contribution in [1.29, 1.82) is 0 Å². The van der Waals surface area contributed by atoms with E-state index in [2.05, 4.69) is 62.2 Å². The molecular weight excluding hydrogens is 242 g/mol. The number of rotatable bonds is 6. The zero-order chi connectivity index (χ0) is 13.8. The van der Waals surface area contributed by atoms with E-state index >= 15 is 0 Å². The van der Waals surface area contributed by atoms with Crippen molar-refractivity contribution in [3.05, 3.63) is 16.6 Å². The lowest BCUT2D eigenvalue weighted by molar-refractivity contribution is 0.180. The van der Waals surface area contributed by atoms with E-state index in [-0.39, 0.29) is 5.54 Å². The van der Waals surface area contributed by atoms with Crippen LogP contribution in [0.5, 0.6) is 0 Å². The summed E-state index contributed by atoms with van der Waals surface area (Å²) in [5.74, 6) is 0.618. The van der Waals surface area contributed by atoms with Gasteiger partial charge >= 0.3 is 0 Å². The van der Waals surface area contributed by atoms with Gasteiger partial charge in [0.05, 0.1) is 11.2 Å². The summed E-state index contributed by atoms with van der Waals surface area (Å²) in [6, 6.07) is 0.543. The van der Waals surface area contributed by atoms with Gasteiger partial charge in [-0.25, -0.2) is 4.98 Å². The Kier molecular flexibility index (Phi) is 5.76. The Balaban J connectivity index is 2.40. The van der Waals surface area contributed by atoms with Crippen molar-refractivity contribution in [3.8, 4) is 0 Å². The topological polar surface area (TPSA) is 28.2 Å². The molecule has 0 radical (unpaired) electrons. The summed E-state index contributed by atoms with van der Waals surface area (Å²) in [5, 5.41) is 5.70. The Morgan fingerprint density at radius 1 is 1.39 bits per heavy atom. The first-order chi connectivity index (χ1) is 8.29. The van der Waals surface area contributed by atoms with Crippen LogP contribution in [0, 0.1) is 5.92 Å². The van der Waals surface area contributed by atoms with Gasteiger partial charge in [-0.15, -0.1) is 11.3 Å². The fourth-order valence-electron chi connectivity index (χ4n) is 1.79. The molecule has 0 aromatic carbocycles. The molecule has 1 heterocycles. The maximum absolute atomic E-state index is 4.34. The molecule has 1 aromatic rings. The van der Waals surface area contributed by atoms with Crippen LogP contribution in [0.3, 0.4) is 0 Å². The van der Waals surface area contributed by atoms with Crippen molar-refractivity contribution in [1.82, 2.24) is 15.2 Å². The van der Waals surface area contributed by atoms with Gasteiger partial charge in [-0.3, -0.25) is 4.90 Å². The molecule has 0 aliphatic rings. The number of nitrogens with one attached hydrogen (secondary N) is 1. The molecule has 0 amide bonds. The highest BCUT2D eigenvalue weighted by atomic mass is 32.1. The molecule has 1 N–H and O–H groups in total. The Morgan fingerprint density at radius 3 is 2.56 bits per heavy atom. The maximum Gasteiger partial charge on any atom is 0.0795 e. The number of nitrogens with zero attached hydrogens (tertiary/aromatic N) is 2. The zero-order valence-electron chi connectivity index (χ0n) is 12.5. The second-order valence-corrected chi connectivity index (χ2v) is 6.96. The van der Waals surface area contributed by atoms with E-state index in [1.807, 2.05) is 5.51 Å². The van der Waals surface area contributed by atoms with E-state index in [4.69, 9.17) is 0 Å². The highest BCUT2D eigenvalue weighted by Crippen LogP contribution is 2.13. The Hall–Kier alpha value is -0.450. The van der Waals surface area contributed by atoms with Crippen molar-refractivity contribution < 1.29 is 0 Å². The molecule has 0 aliphatic heterocycles. The minimum atomic E-state index is 0.196. The summed E-state index contributed by atoms with van der Waals surface area (Å²) in [6.45, 7) is 13.2. The maximum atomic E-state index is 4.34. The number of hydrogen-bond donors (Lipinski definition) is 1. The van der Waals surface area contributed by atoms with E-state index in [0.717, 1.165) is 13.1 Å². The lowest BCUT2D eigenvalue weighted by Gasteiger charge is -2.32. The van der Waals surface area contributed by atoms with Gasteiger partial charge in [-0.2, -0.15) is 0 Å². The molecule has 0 spiro atoms. The predicted molar refractivity (Wildman–Crippen MR) is 80.0 cm³/mol. The average Bonchev–Trinajstić information content (AvgIpc) is 2.76. The van der Waals surface area contributed by atoms with E-state index in [9.17, 15) is 0 Å². The van der Waals surface area contributed by atoms with Crippen LogP contribution < -0.4 is 5.32 Å². The average molecular weight is 269 g/mol. The molecule has 1 rings (SSSR count). The van der Waals surface area contributed by atoms with Gasteiger partial charge in [-0.1, -0.05) is 6.92 Å². The second kappa shape index (κ2) is 6.64. The van der Waals surface area contributed by atoms with Gasteiger partial charge in [0.1, 0.15) is 0 Å². The number of thiazole rings is 1. The molecule has 104 valence electrons. The summed E-state index contributed by atoms with van der Waals surface area (Å²) in [7, 11) is 2.18. The molecule has 2 atom stereocenters. The third-order valence-electron chi connectivity index (χ3n) is 3.37. The van der Waals surface area contributed by atoms with Crippen LogP contribution in [0.25, 0.3) is 0 Å². The normalized spacial score (nSPS) is 15.9. The SMILES string of the molecule is CC(CNC(C)(C)C)C(C)N(C)Cc1cscn1. The van der Waals surface area contributed by atoms with E-state index in [1.54, 1.807) is 11.3 Å². The molecule has 2 unspecified atom stereocenters. The van der Waals surface area contributed by atoms with Gasteiger partial charge in [0, 0.05) is 23.5 Å². The molecule has 0 saturated heterocycles. The molecule has 0 bridgehead atoms. The smallest absolute Gasteiger partial charge is 0.0795 e. The van der Waals surface area contributed by atoms with Crippen LogP contribution in [-0.2, 0) is 6.54 Å². The molecule has 3 nitrogen and oxygen atoms in total. The van der Waals surface area contributed by atoms with Crippen molar-refractivity contribution >= 4 is 11.3 Å². The van der Waals surface area contributed by atoms with E-state index in [0.29, 0.717) is 12.0 Å². The Bertz CT molecular complexity index is 329. The zero-order valence-corrected chi connectivity index (χ0v) is 13.3. The molecule has 0 fully saturated rings. The van der Waals surface area contributed by atoms with Gasteiger partial charge in [0.15, 0.2) is 0 Å². The van der Waals surface area contributed by atoms with Crippen LogP contribution in [-0.4, -0.2) is 35.1 Å². The molecular formula is C14H27N3S. The molecule has 4 heteroatoms. The highest BCUT2D eigenvalue weighted by Gasteiger charge is 2.19. The van der Waals surface area contributed by atoms with Crippen molar-refractivity contribution in [2.45, 2.75) is 52.7 Å². The van der Waals surface area contributed by atoms with Crippen LogP contribution in [0.2, 0.25) is 0 Å². The fourth-order valence-corrected chi connectivity index (χ4v) is 2.34. The summed E-state index contributed by atoms with van der Waals surface area (Å²) >= 11 is 1.67. The van der Waals surface area contributed by atoms with Crippen LogP contribution in [0.1, 0.15) is 40.3 Å². The minimum absolute atomic E-state index is 0.196. The van der Waals surface area contributed by atoms with Crippen LogP contribution in [0.4, 0.5) is 0 Å². The first-order valence-electron chi connectivity index (χ1n) is 6.62. The van der Waals surface area contributed by atoms with Gasteiger partial charge in [0.25, 0.3) is 0 Å². The first-order valence-corrected chi connectivity index (χ1v) is 7.56. The largest absolute Gasteiger partial charge is 0.312 e. The van der Waals surface area contributed by atoms with Crippen LogP contribution >= 0.6 is 11.3 Å². The second-order valence-electron chi connectivity index (χ2n) is 6.24. The monoisotopic (exact) mass is 269 g/mol. The van der Waals surface area contributed by atoms with Gasteiger partial charge in [-0.05, 0) is 47.2 Å². The lowest BCUT2D eigenvalue weighted by Crippen LogP contribution is -2.44. The number of hydrogen-bond acceptors (Lipinski definition) is 4. The number of aromatic nitrogens is 1. The summed E-state index contributed by atoms with van der Waals surface area (Å²) < 4.78 is 0. The summed E-state index contributed by atoms with van der Waals surface area (Å²) in [6.07, 6.45) is 0. The molecule has 0 saturated carbocycles. The summed E-state index contributed by atoms with van der Waals surface area (Å²) in [5.41, 5.74) is 3.27. The fraction of sp³-hybridized carbons (Fsp3) is 0.786. The van der Waals surface area contributed by atoms with E-state index in [1.165, 1.54) is 5.69 Å². The third-order valence-corrected chi connectivity index (χ3v) is 4.00. The first kappa shape index (κ1) is 15.6. The quantitative estimate of drug-likeness (QED) is 0.860. The summed E-state index contributed by atoms with van der Waals surface area (Å²) in [4.78, 5) is 6.72. The highest BCUT2D eigenvalue weighted by molar-refractivity contribution is 7.07. The molecule has 1 aromatic heterocycles. The Morgan fingerprint density at radius 2 is 2.06 bits per heavy atom. The molecule has 18 heavy (non-hydrogen) atoms. The van der Waals surface area contributed by atoms with Crippen LogP contribution in [0.15, 0.2) is 10.9 Å². The molecule has 0 aliphatic carbocycles. The lowest BCUT2D eigenvalue weighted by atomic mass is 10.00. The van der Waals surface area contributed by atoms with Crippen molar-refractivity contribution in [3.63, 3.8) is 0 Å². The van der Waals surface area contributed by atoms with Gasteiger partial charge in [0.2, 0.25) is 0 Å². The van der Waals surface area contributed by atoms with Crippen molar-refractivity contribution in [2.75, 3.05) is 13.6 Å². The van der Waals surface area contributed by atoms with Crippen molar-refractivity contribution in [2.24, 2.45) is 5.92 Å². The predicted octanol–water partition coefficient (Wildman–Crippen LogP) is 2.99. The Labute approximate surface area is 116 Å². The standard InChI is InChI=1S/C14H27N3S/c1-11(7-16-14(3,4)5)12(2)17(6)8-13-9-18-10-15-13/h9-12,16H,7-8H2,1-6H3. The minimum Gasteiger partial charge on any atom is -0.312 e.